The fourth-order valence-corrected chi connectivity index (χ4v) is 4.40. The standard InChI is InChI=1S/C18H28N4O2/c1-23-11-12-24-17-8-7-14(13-19-17)21-9-4-10-22-16-6-3-2-5-15(16)20-18(21)22/h7-8,13,15-16,18,20H,2-6,9-12H2,1H3. The van der Waals surface area contributed by atoms with Gasteiger partial charge in [0.1, 0.15) is 12.9 Å². The summed E-state index contributed by atoms with van der Waals surface area (Å²) in [6, 6.07) is 5.47. The Morgan fingerprint density at radius 3 is 2.92 bits per heavy atom. The molecule has 3 fully saturated rings. The summed E-state index contributed by atoms with van der Waals surface area (Å²) in [6.07, 6.45) is 8.88. The molecule has 6 heteroatoms. The van der Waals surface area contributed by atoms with E-state index in [1.54, 1.807) is 7.11 Å². The number of hydrogen-bond donors (Lipinski definition) is 1. The van der Waals surface area contributed by atoms with Crippen LogP contribution in [0.2, 0.25) is 0 Å². The fourth-order valence-electron chi connectivity index (χ4n) is 4.40. The molecule has 1 aliphatic carbocycles. The maximum atomic E-state index is 5.57. The van der Waals surface area contributed by atoms with Crippen LogP contribution in [0, 0.1) is 0 Å². The van der Waals surface area contributed by atoms with Gasteiger partial charge in [0.15, 0.2) is 0 Å². The minimum Gasteiger partial charge on any atom is -0.475 e. The predicted molar refractivity (Wildman–Crippen MR) is 93.2 cm³/mol. The Hall–Kier alpha value is -1.37. The minimum atomic E-state index is 0.328. The predicted octanol–water partition coefficient (Wildman–Crippen LogP) is 1.82. The van der Waals surface area contributed by atoms with Crippen LogP contribution in [0.1, 0.15) is 32.1 Å². The Labute approximate surface area is 144 Å². The van der Waals surface area contributed by atoms with Crippen molar-refractivity contribution >= 4 is 5.69 Å². The summed E-state index contributed by atoms with van der Waals surface area (Å²) < 4.78 is 10.6. The van der Waals surface area contributed by atoms with Crippen molar-refractivity contribution in [1.82, 2.24) is 15.2 Å². The largest absolute Gasteiger partial charge is 0.475 e. The maximum Gasteiger partial charge on any atom is 0.213 e. The molecule has 0 spiro atoms. The van der Waals surface area contributed by atoms with E-state index in [0.29, 0.717) is 31.4 Å². The van der Waals surface area contributed by atoms with Gasteiger partial charge in [0.05, 0.1) is 18.5 Å². The molecule has 2 aliphatic heterocycles. The van der Waals surface area contributed by atoms with E-state index in [1.807, 2.05) is 12.3 Å². The molecule has 3 atom stereocenters. The fraction of sp³-hybridized carbons (Fsp3) is 0.722. The monoisotopic (exact) mass is 332 g/mol. The molecule has 0 amide bonds. The van der Waals surface area contributed by atoms with Gasteiger partial charge in [-0.1, -0.05) is 12.8 Å². The zero-order valence-electron chi connectivity index (χ0n) is 14.5. The van der Waals surface area contributed by atoms with Crippen LogP contribution in [0.3, 0.4) is 0 Å². The van der Waals surface area contributed by atoms with Crippen molar-refractivity contribution in [2.24, 2.45) is 0 Å². The number of ether oxygens (including phenoxy) is 2. The van der Waals surface area contributed by atoms with Crippen LogP contribution in [-0.2, 0) is 4.74 Å². The molecule has 132 valence electrons. The van der Waals surface area contributed by atoms with Crippen molar-refractivity contribution in [3.8, 4) is 5.88 Å². The Bertz CT molecular complexity index is 538. The van der Waals surface area contributed by atoms with E-state index in [1.165, 1.54) is 44.3 Å². The summed E-state index contributed by atoms with van der Waals surface area (Å²) in [5.41, 5.74) is 1.18. The topological polar surface area (TPSA) is 49.9 Å². The molecular weight excluding hydrogens is 304 g/mol. The first-order chi connectivity index (χ1) is 11.9. The number of nitrogens with zero attached hydrogens (tertiary/aromatic N) is 3. The van der Waals surface area contributed by atoms with Crippen molar-refractivity contribution < 1.29 is 9.47 Å². The van der Waals surface area contributed by atoms with Crippen molar-refractivity contribution in [3.63, 3.8) is 0 Å². The number of nitrogens with one attached hydrogen (secondary N) is 1. The molecular formula is C18H28N4O2. The van der Waals surface area contributed by atoms with Crippen LogP contribution in [-0.4, -0.2) is 61.7 Å². The number of pyridine rings is 1. The van der Waals surface area contributed by atoms with Gasteiger partial charge in [-0.2, -0.15) is 0 Å². The van der Waals surface area contributed by atoms with Gasteiger partial charge in [-0.3, -0.25) is 10.2 Å². The normalized spacial score (nSPS) is 30.0. The third-order valence-electron chi connectivity index (χ3n) is 5.53. The molecule has 1 saturated carbocycles. The van der Waals surface area contributed by atoms with Crippen LogP contribution in [0.5, 0.6) is 5.88 Å². The molecule has 4 rings (SSSR count). The second-order valence-corrected chi connectivity index (χ2v) is 6.98. The molecule has 1 aromatic heterocycles. The average molecular weight is 332 g/mol. The molecule has 0 bridgehead atoms. The molecule has 0 aromatic carbocycles. The zero-order valence-corrected chi connectivity index (χ0v) is 14.5. The summed E-state index contributed by atoms with van der Waals surface area (Å²) in [7, 11) is 1.67. The summed E-state index contributed by atoms with van der Waals surface area (Å²) in [4.78, 5) is 9.61. The molecule has 3 unspecified atom stereocenters. The lowest BCUT2D eigenvalue weighted by atomic mass is 9.91. The van der Waals surface area contributed by atoms with Gasteiger partial charge < -0.3 is 14.4 Å². The van der Waals surface area contributed by atoms with E-state index in [0.717, 1.165) is 12.6 Å². The lowest BCUT2D eigenvalue weighted by molar-refractivity contribution is 0.137. The number of anilines is 1. The molecule has 3 aliphatic rings. The van der Waals surface area contributed by atoms with Gasteiger partial charge >= 0.3 is 0 Å². The maximum absolute atomic E-state index is 5.57. The quantitative estimate of drug-likeness (QED) is 0.830. The summed E-state index contributed by atoms with van der Waals surface area (Å²) in [5, 5.41) is 3.88. The second kappa shape index (κ2) is 7.25. The number of hydrogen-bond acceptors (Lipinski definition) is 6. The number of rotatable bonds is 5. The van der Waals surface area contributed by atoms with Crippen LogP contribution < -0.4 is 15.0 Å². The molecule has 0 radical (unpaired) electrons. The van der Waals surface area contributed by atoms with E-state index in [9.17, 15) is 0 Å². The highest BCUT2D eigenvalue weighted by molar-refractivity contribution is 5.47. The van der Waals surface area contributed by atoms with Gasteiger partial charge in [0, 0.05) is 38.3 Å². The van der Waals surface area contributed by atoms with Gasteiger partial charge in [-0.15, -0.1) is 0 Å². The Balaban J connectivity index is 1.45. The average Bonchev–Trinajstić information content (AvgIpc) is 3.01. The molecule has 1 aromatic rings. The highest BCUT2D eigenvalue weighted by Gasteiger charge is 2.45. The third-order valence-corrected chi connectivity index (χ3v) is 5.53. The highest BCUT2D eigenvalue weighted by atomic mass is 16.5. The second-order valence-electron chi connectivity index (χ2n) is 6.98. The number of aromatic nitrogens is 1. The molecule has 3 heterocycles. The molecule has 1 N–H and O–H groups in total. The Morgan fingerprint density at radius 1 is 1.17 bits per heavy atom. The summed E-state index contributed by atoms with van der Waals surface area (Å²) in [6.45, 7) is 3.41. The highest BCUT2D eigenvalue weighted by Crippen LogP contribution is 2.34. The zero-order chi connectivity index (χ0) is 16.4. The lowest BCUT2D eigenvalue weighted by Gasteiger charge is -2.42. The Kier molecular flexibility index (Phi) is 4.87. The minimum absolute atomic E-state index is 0.328. The lowest BCUT2D eigenvalue weighted by Crippen LogP contribution is -2.56. The summed E-state index contributed by atoms with van der Waals surface area (Å²) in [5.74, 6) is 0.665. The van der Waals surface area contributed by atoms with E-state index >= 15 is 0 Å². The Morgan fingerprint density at radius 2 is 2.08 bits per heavy atom. The summed E-state index contributed by atoms with van der Waals surface area (Å²) >= 11 is 0. The van der Waals surface area contributed by atoms with Crippen molar-refractivity contribution in [3.05, 3.63) is 18.3 Å². The van der Waals surface area contributed by atoms with Crippen LogP contribution >= 0.6 is 0 Å². The van der Waals surface area contributed by atoms with Crippen molar-refractivity contribution in [2.75, 3.05) is 38.3 Å². The first kappa shape index (κ1) is 16.1. The molecule has 6 nitrogen and oxygen atoms in total. The number of fused-ring (bicyclic) bond motifs is 3. The first-order valence-electron chi connectivity index (χ1n) is 9.23. The van der Waals surface area contributed by atoms with Gasteiger partial charge in [-0.05, 0) is 25.3 Å². The van der Waals surface area contributed by atoms with Gasteiger partial charge in [0.2, 0.25) is 5.88 Å². The van der Waals surface area contributed by atoms with E-state index in [2.05, 4.69) is 26.2 Å². The third kappa shape index (κ3) is 3.10. The van der Waals surface area contributed by atoms with E-state index in [4.69, 9.17) is 9.47 Å². The van der Waals surface area contributed by atoms with Gasteiger partial charge in [0.25, 0.3) is 0 Å². The van der Waals surface area contributed by atoms with Crippen LogP contribution in [0.25, 0.3) is 0 Å². The molecule has 24 heavy (non-hydrogen) atoms. The van der Waals surface area contributed by atoms with Crippen LogP contribution in [0.15, 0.2) is 18.3 Å². The first-order valence-corrected chi connectivity index (χ1v) is 9.23. The molecule has 2 saturated heterocycles. The smallest absolute Gasteiger partial charge is 0.213 e. The van der Waals surface area contributed by atoms with Crippen molar-refractivity contribution in [2.45, 2.75) is 50.5 Å². The van der Waals surface area contributed by atoms with E-state index < -0.39 is 0 Å². The number of methoxy groups -OCH3 is 1. The SMILES string of the molecule is COCCOc1ccc(N2CCCN3C4CCCCC4NC23)cn1. The van der Waals surface area contributed by atoms with Crippen molar-refractivity contribution in [1.29, 1.82) is 0 Å². The van der Waals surface area contributed by atoms with E-state index in [-0.39, 0.29) is 0 Å². The van der Waals surface area contributed by atoms with Gasteiger partial charge in [-0.25, -0.2) is 4.98 Å². The van der Waals surface area contributed by atoms with Crippen LogP contribution in [0.4, 0.5) is 5.69 Å².